The van der Waals surface area contributed by atoms with Crippen LogP contribution in [0.25, 0.3) is 6.08 Å². The summed E-state index contributed by atoms with van der Waals surface area (Å²) in [6.45, 7) is 0. The van der Waals surface area contributed by atoms with E-state index in [2.05, 4.69) is 0 Å². The van der Waals surface area contributed by atoms with Gasteiger partial charge in [-0.2, -0.15) is 5.10 Å². The van der Waals surface area contributed by atoms with E-state index in [0.717, 1.165) is 42.1 Å². The SMILES string of the molecule is COc1ccccc1C(=O)N1N=C2/C(=C/c3ccco3)CCCC2C1c1ccco1. The molecule has 0 radical (unpaired) electrons. The predicted molar refractivity (Wildman–Crippen MR) is 112 cm³/mol. The third-order valence-corrected chi connectivity index (χ3v) is 5.74. The van der Waals surface area contributed by atoms with E-state index in [9.17, 15) is 4.79 Å². The number of hydrogen-bond acceptors (Lipinski definition) is 5. The quantitative estimate of drug-likeness (QED) is 0.592. The molecule has 2 aromatic heterocycles. The van der Waals surface area contributed by atoms with Crippen LogP contribution < -0.4 is 4.74 Å². The smallest absolute Gasteiger partial charge is 0.278 e. The second-order valence-electron chi connectivity index (χ2n) is 7.48. The zero-order valence-corrected chi connectivity index (χ0v) is 16.7. The largest absolute Gasteiger partial charge is 0.496 e. The lowest BCUT2D eigenvalue weighted by Gasteiger charge is -2.28. The number of carbonyl (C=O) groups excluding carboxylic acids is 1. The first-order chi connectivity index (χ1) is 14.8. The standard InChI is InChI=1S/C24H22N2O4/c1-28-20-11-3-2-9-18(20)24(27)26-23(21-12-6-14-30-21)19-10-4-7-16(22(19)25-26)15-17-8-5-13-29-17/h2-3,5-6,8-9,11-15,19,23H,4,7,10H2,1H3/b16-15+. The summed E-state index contributed by atoms with van der Waals surface area (Å²) in [4.78, 5) is 13.6. The number of allylic oxidation sites excluding steroid dienone is 1. The molecule has 1 aliphatic carbocycles. The maximum Gasteiger partial charge on any atom is 0.278 e. The van der Waals surface area contributed by atoms with Crippen LogP contribution in [-0.4, -0.2) is 23.7 Å². The Balaban J connectivity index is 1.59. The lowest BCUT2D eigenvalue weighted by atomic mass is 9.79. The Morgan fingerprint density at radius 1 is 1.13 bits per heavy atom. The monoisotopic (exact) mass is 402 g/mol. The molecular formula is C24H22N2O4. The van der Waals surface area contributed by atoms with E-state index in [4.69, 9.17) is 18.7 Å². The number of hydrogen-bond donors (Lipinski definition) is 0. The summed E-state index contributed by atoms with van der Waals surface area (Å²) in [6, 6.07) is 14.5. The van der Waals surface area contributed by atoms with Gasteiger partial charge in [0.05, 0.1) is 30.9 Å². The van der Waals surface area contributed by atoms with Crippen LogP contribution >= 0.6 is 0 Å². The number of ether oxygens (including phenoxy) is 1. The molecule has 0 spiro atoms. The molecule has 1 saturated carbocycles. The van der Waals surface area contributed by atoms with Gasteiger partial charge in [-0.15, -0.1) is 0 Å². The molecule has 5 rings (SSSR count). The normalized spacial score (nSPS) is 22.1. The Bertz CT molecular complexity index is 1100. The minimum absolute atomic E-state index is 0.0739. The highest BCUT2D eigenvalue weighted by atomic mass is 16.5. The summed E-state index contributed by atoms with van der Waals surface area (Å²) in [5, 5.41) is 6.40. The summed E-state index contributed by atoms with van der Waals surface area (Å²) < 4.78 is 16.7. The summed E-state index contributed by atoms with van der Waals surface area (Å²) in [5.74, 6) is 1.93. The maximum absolute atomic E-state index is 13.6. The molecule has 1 aromatic carbocycles. The van der Waals surface area contributed by atoms with Crippen LogP contribution in [0.2, 0.25) is 0 Å². The molecule has 1 amide bonds. The Hall–Kier alpha value is -3.54. The van der Waals surface area contributed by atoms with E-state index in [1.165, 1.54) is 0 Å². The number of carbonyl (C=O) groups is 1. The molecule has 0 N–H and O–H groups in total. The molecule has 0 bridgehead atoms. The number of methoxy groups -OCH3 is 1. The van der Waals surface area contributed by atoms with E-state index in [1.54, 1.807) is 36.8 Å². The number of furan rings is 2. The van der Waals surface area contributed by atoms with Gasteiger partial charge in [-0.1, -0.05) is 12.1 Å². The molecule has 6 heteroatoms. The first-order valence-electron chi connectivity index (χ1n) is 10.1. The van der Waals surface area contributed by atoms with E-state index in [-0.39, 0.29) is 17.9 Å². The van der Waals surface area contributed by atoms with Gasteiger partial charge in [0.15, 0.2) is 0 Å². The van der Waals surface area contributed by atoms with Crippen molar-refractivity contribution in [3.63, 3.8) is 0 Å². The molecule has 2 atom stereocenters. The van der Waals surface area contributed by atoms with Gasteiger partial charge in [0.2, 0.25) is 0 Å². The van der Waals surface area contributed by atoms with Crippen molar-refractivity contribution in [2.24, 2.45) is 11.0 Å². The van der Waals surface area contributed by atoms with Crippen molar-refractivity contribution in [2.45, 2.75) is 25.3 Å². The van der Waals surface area contributed by atoms with Crippen LogP contribution in [0.5, 0.6) is 5.75 Å². The molecule has 1 fully saturated rings. The number of hydrazone groups is 1. The summed E-state index contributed by atoms with van der Waals surface area (Å²) in [6.07, 6.45) is 8.19. The van der Waals surface area contributed by atoms with Crippen LogP contribution in [0.3, 0.4) is 0 Å². The second kappa shape index (κ2) is 7.71. The van der Waals surface area contributed by atoms with Crippen molar-refractivity contribution < 1.29 is 18.4 Å². The maximum atomic E-state index is 13.6. The molecule has 2 unspecified atom stereocenters. The third-order valence-electron chi connectivity index (χ3n) is 5.74. The van der Waals surface area contributed by atoms with Gasteiger partial charge in [-0.3, -0.25) is 4.79 Å². The van der Waals surface area contributed by atoms with Crippen molar-refractivity contribution in [3.05, 3.63) is 83.7 Å². The van der Waals surface area contributed by atoms with Crippen molar-refractivity contribution in [1.82, 2.24) is 5.01 Å². The first-order valence-corrected chi connectivity index (χ1v) is 10.1. The van der Waals surface area contributed by atoms with Crippen LogP contribution in [0, 0.1) is 5.92 Å². The zero-order valence-electron chi connectivity index (χ0n) is 16.7. The fourth-order valence-corrected chi connectivity index (χ4v) is 4.40. The number of benzene rings is 1. The van der Waals surface area contributed by atoms with Gasteiger partial charge in [0, 0.05) is 5.92 Å². The summed E-state index contributed by atoms with van der Waals surface area (Å²) >= 11 is 0. The summed E-state index contributed by atoms with van der Waals surface area (Å²) in [5.41, 5.74) is 2.52. The molecule has 152 valence electrons. The van der Waals surface area contributed by atoms with E-state index in [1.807, 2.05) is 42.5 Å². The number of fused-ring (bicyclic) bond motifs is 1. The van der Waals surface area contributed by atoms with Crippen LogP contribution in [-0.2, 0) is 0 Å². The number of rotatable bonds is 4. The van der Waals surface area contributed by atoms with Crippen LogP contribution in [0.15, 0.2) is 80.6 Å². The molecule has 1 aliphatic heterocycles. The highest BCUT2D eigenvalue weighted by molar-refractivity contribution is 6.09. The molecule has 2 aliphatic rings. The van der Waals surface area contributed by atoms with Gasteiger partial charge in [-0.25, -0.2) is 5.01 Å². The predicted octanol–water partition coefficient (Wildman–Crippen LogP) is 5.32. The fourth-order valence-electron chi connectivity index (χ4n) is 4.40. The Morgan fingerprint density at radius 3 is 2.73 bits per heavy atom. The Morgan fingerprint density at radius 2 is 1.97 bits per heavy atom. The minimum Gasteiger partial charge on any atom is -0.496 e. The number of nitrogens with zero attached hydrogens (tertiary/aromatic N) is 2. The minimum atomic E-state index is -0.285. The molecule has 30 heavy (non-hydrogen) atoms. The van der Waals surface area contributed by atoms with Gasteiger partial charge < -0.3 is 13.6 Å². The van der Waals surface area contributed by atoms with E-state index >= 15 is 0 Å². The third kappa shape index (κ3) is 3.14. The lowest BCUT2D eigenvalue weighted by Crippen LogP contribution is -2.31. The fraction of sp³-hybridized carbons (Fsp3) is 0.250. The number of para-hydroxylation sites is 1. The molecule has 0 saturated heterocycles. The second-order valence-corrected chi connectivity index (χ2v) is 7.48. The number of amides is 1. The van der Waals surface area contributed by atoms with Crippen LogP contribution in [0.4, 0.5) is 0 Å². The van der Waals surface area contributed by atoms with Gasteiger partial charge in [0.25, 0.3) is 5.91 Å². The topological polar surface area (TPSA) is 68.2 Å². The van der Waals surface area contributed by atoms with Crippen molar-refractivity contribution in [3.8, 4) is 5.75 Å². The lowest BCUT2D eigenvalue weighted by molar-refractivity contribution is 0.0653. The Labute approximate surface area is 174 Å². The molecule has 6 nitrogen and oxygen atoms in total. The highest BCUT2D eigenvalue weighted by Crippen LogP contribution is 2.45. The Kier molecular flexibility index (Phi) is 4.75. The van der Waals surface area contributed by atoms with Crippen molar-refractivity contribution >= 4 is 17.7 Å². The van der Waals surface area contributed by atoms with Crippen LogP contribution in [0.1, 0.15) is 47.2 Å². The van der Waals surface area contributed by atoms with Gasteiger partial charge >= 0.3 is 0 Å². The average molecular weight is 402 g/mol. The van der Waals surface area contributed by atoms with E-state index < -0.39 is 0 Å². The molecule has 3 heterocycles. The summed E-state index contributed by atoms with van der Waals surface area (Å²) in [7, 11) is 1.57. The van der Waals surface area contributed by atoms with E-state index in [0.29, 0.717) is 11.3 Å². The van der Waals surface area contributed by atoms with Gasteiger partial charge in [0.1, 0.15) is 23.3 Å². The molecular weight excluding hydrogens is 380 g/mol. The van der Waals surface area contributed by atoms with Crippen molar-refractivity contribution in [1.29, 1.82) is 0 Å². The first kappa shape index (κ1) is 18.5. The zero-order chi connectivity index (χ0) is 20.5. The average Bonchev–Trinajstić information content (AvgIpc) is 3.53. The van der Waals surface area contributed by atoms with Gasteiger partial charge in [-0.05, 0) is 67.3 Å². The van der Waals surface area contributed by atoms with Crippen molar-refractivity contribution in [2.75, 3.05) is 7.11 Å². The highest BCUT2D eigenvalue weighted by Gasteiger charge is 2.45. The molecule has 3 aromatic rings.